The van der Waals surface area contributed by atoms with E-state index in [2.05, 4.69) is 43.0 Å². The maximum Gasteiger partial charge on any atom is 0.328 e. The fourth-order valence-electron chi connectivity index (χ4n) is 2.71. The van der Waals surface area contributed by atoms with Crippen LogP contribution in [-0.2, 0) is 25.7 Å². The Balaban J connectivity index is 0.000000355. The first-order valence-corrected chi connectivity index (χ1v) is 11.3. The number of nitrogens with one attached hydrogen (secondary N) is 1. The van der Waals surface area contributed by atoms with Gasteiger partial charge in [-0.2, -0.15) is 5.10 Å². The number of pyridine rings is 1. The van der Waals surface area contributed by atoms with Crippen molar-refractivity contribution >= 4 is 50.7 Å². The number of carbonyl (C=O) groups is 4. The van der Waals surface area contributed by atoms with E-state index in [1.54, 1.807) is 0 Å². The second-order valence-corrected chi connectivity index (χ2v) is 7.86. The van der Waals surface area contributed by atoms with Crippen molar-refractivity contribution < 1.29 is 39.6 Å². The molecule has 0 fully saturated rings. The lowest BCUT2D eigenvalue weighted by atomic mass is 10.1. The van der Waals surface area contributed by atoms with Gasteiger partial charge in [-0.25, -0.2) is 19.2 Å². The van der Waals surface area contributed by atoms with Crippen LogP contribution in [0.3, 0.4) is 0 Å². The van der Waals surface area contributed by atoms with Gasteiger partial charge in [0.05, 0.1) is 5.52 Å². The number of nitrogens with zero attached hydrogens (tertiary/aromatic N) is 3. The molecule has 2 aromatic heterocycles. The van der Waals surface area contributed by atoms with Crippen molar-refractivity contribution in [1.82, 2.24) is 20.1 Å². The number of rotatable bonds is 9. The molecular formula is C24H25BrN4O8. The minimum atomic E-state index is -1.26. The Labute approximate surface area is 219 Å². The summed E-state index contributed by atoms with van der Waals surface area (Å²) >= 11 is 3.47. The number of hydrogen-bond acceptors (Lipinski definition) is 7. The number of hydrogen-bond donors (Lipinski definition) is 5. The summed E-state index contributed by atoms with van der Waals surface area (Å²) in [4.78, 5) is 42.5. The maximum absolute atomic E-state index is 9.55. The van der Waals surface area contributed by atoms with Gasteiger partial charge in [-0.3, -0.25) is 9.67 Å². The van der Waals surface area contributed by atoms with E-state index in [0.29, 0.717) is 24.3 Å². The number of aromatic nitrogens is 3. The largest absolute Gasteiger partial charge is 0.478 e. The summed E-state index contributed by atoms with van der Waals surface area (Å²) in [6.07, 6.45) is 7.00. The summed E-state index contributed by atoms with van der Waals surface area (Å²) in [6, 6.07) is 10.3. The first kappa shape index (κ1) is 30.7. The zero-order valence-corrected chi connectivity index (χ0v) is 21.2. The lowest BCUT2D eigenvalue weighted by molar-refractivity contribution is -0.134. The maximum atomic E-state index is 9.55. The molecule has 0 saturated heterocycles. The van der Waals surface area contributed by atoms with Crippen molar-refractivity contribution in [2.24, 2.45) is 0 Å². The van der Waals surface area contributed by atoms with E-state index in [1.807, 2.05) is 37.6 Å². The standard InChI is InChI=1S/C16H17BrN4.2C4H4O4/c1-18-8-2-10-21-15-7-9-19-11-14(15)16(20-21)12-3-5-13(17)6-4-12;2*5-3(6)1-2-4(7)8/h3-7,9,11,18H,2,8,10H2,1H3;2*1-2H,(H,5,6)(H,7,8)/b;2*2-1-. The van der Waals surface area contributed by atoms with Crippen LogP contribution < -0.4 is 5.32 Å². The average molecular weight is 577 g/mol. The molecule has 0 aliphatic carbocycles. The van der Waals surface area contributed by atoms with Crippen LogP contribution in [0.15, 0.2) is 71.5 Å². The zero-order valence-electron chi connectivity index (χ0n) is 19.6. The molecule has 37 heavy (non-hydrogen) atoms. The lowest BCUT2D eigenvalue weighted by Crippen LogP contribution is -2.11. The monoisotopic (exact) mass is 576 g/mol. The molecular weight excluding hydrogens is 552 g/mol. The quantitative estimate of drug-likeness (QED) is 0.186. The number of fused-ring (bicyclic) bond motifs is 1. The highest BCUT2D eigenvalue weighted by atomic mass is 79.9. The molecule has 3 aromatic rings. The number of aliphatic carboxylic acids is 4. The predicted octanol–water partition coefficient (Wildman–Crippen LogP) is 2.89. The molecule has 0 radical (unpaired) electrons. The van der Waals surface area contributed by atoms with Crippen molar-refractivity contribution in [1.29, 1.82) is 0 Å². The summed E-state index contributed by atoms with van der Waals surface area (Å²) in [5, 5.41) is 40.3. The first-order valence-electron chi connectivity index (χ1n) is 10.5. The summed E-state index contributed by atoms with van der Waals surface area (Å²) in [7, 11) is 1.97. The van der Waals surface area contributed by atoms with E-state index in [0.717, 1.165) is 46.1 Å². The fraction of sp³-hybridized carbons (Fsp3) is 0.167. The van der Waals surface area contributed by atoms with Gasteiger partial charge < -0.3 is 25.7 Å². The summed E-state index contributed by atoms with van der Waals surface area (Å²) in [5.41, 5.74) is 3.25. The number of aryl methyl sites for hydroxylation is 1. The second-order valence-electron chi connectivity index (χ2n) is 6.95. The molecule has 0 aliphatic heterocycles. The lowest BCUT2D eigenvalue weighted by Gasteiger charge is -2.02. The Morgan fingerprint density at radius 1 is 0.892 bits per heavy atom. The third kappa shape index (κ3) is 12.2. The van der Waals surface area contributed by atoms with Crippen LogP contribution in [0.4, 0.5) is 0 Å². The van der Waals surface area contributed by atoms with Gasteiger partial charge in [0, 0.05) is 58.7 Å². The van der Waals surface area contributed by atoms with E-state index in [4.69, 9.17) is 25.5 Å². The van der Waals surface area contributed by atoms with Crippen LogP contribution >= 0.6 is 15.9 Å². The van der Waals surface area contributed by atoms with Crippen LogP contribution in [0, 0.1) is 0 Å². The normalized spacial score (nSPS) is 10.4. The van der Waals surface area contributed by atoms with Crippen molar-refractivity contribution in [3.63, 3.8) is 0 Å². The van der Waals surface area contributed by atoms with E-state index in [-0.39, 0.29) is 0 Å². The molecule has 2 heterocycles. The highest BCUT2D eigenvalue weighted by Gasteiger charge is 2.12. The molecule has 0 amide bonds. The molecule has 1 aromatic carbocycles. The molecule has 13 heteroatoms. The predicted molar refractivity (Wildman–Crippen MR) is 138 cm³/mol. The van der Waals surface area contributed by atoms with Gasteiger partial charge in [0.25, 0.3) is 0 Å². The van der Waals surface area contributed by atoms with Crippen LogP contribution in [0.2, 0.25) is 0 Å². The Kier molecular flexibility index (Phi) is 13.5. The molecule has 3 rings (SSSR count). The smallest absolute Gasteiger partial charge is 0.328 e. The van der Waals surface area contributed by atoms with Gasteiger partial charge in [0.1, 0.15) is 5.69 Å². The Hall–Kier alpha value is -4.36. The summed E-state index contributed by atoms with van der Waals surface area (Å²) in [5.74, 6) is -5.03. The summed E-state index contributed by atoms with van der Waals surface area (Å²) < 4.78 is 3.15. The zero-order chi connectivity index (χ0) is 27.8. The highest BCUT2D eigenvalue weighted by molar-refractivity contribution is 9.10. The van der Waals surface area contributed by atoms with Gasteiger partial charge in [0.2, 0.25) is 0 Å². The van der Waals surface area contributed by atoms with E-state index in [1.165, 1.54) is 0 Å². The van der Waals surface area contributed by atoms with Crippen molar-refractivity contribution in [3.05, 3.63) is 71.5 Å². The molecule has 196 valence electrons. The molecule has 0 aliphatic rings. The third-order valence-electron chi connectivity index (χ3n) is 4.20. The molecule has 0 atom stereocenters. The van der Waals surface area contributed by atoms with Crippen molar-refractivity contribution in [3.8, 4) is 11.3 Å². The minimum Gasteiger partial charge on any atom is -0.478 e. The van der Waals surface area contributed by atoms with E-state index < -0.39 is 23.9 Å². The molecule has 0 unspecified atom stereocenters. The topological polar surface area (TPSA) is 192 Å². The van der Waals surface area contributed by atoms with Gasteiger partial charge in [-0.15, -0.1) is 0 Å². The fourth-order valence-corrected chi connectivity index (χ4v) is 2.97. The van der Waals surface area contributed by atoms with Crippen LogP contribution in [0.25, 0.3) is 22.2 Å². The molecule has 12 nitrogen and oxygen atoms in total. The minimum absolute atomic E-state index is 0.558. The number of carboxylic acid groups (broad SMARTS) is 4. The second kappa shape index (κ2) is 16.3. The van der Waals surface area contributed by atoms with Crippen molar-refractivity contribution in [2.45, 2.75) is 13.0 Å². The van der Waals surface area contributed by atoms with Gasteiger partial charge in [-0.1, -0.05) is 28.1 Å². The first-order chi connectivity index (χ1) is 17.5. The van der Waals surface area contributed by atoms with E-state index in [9.17, 15) is 19.2 Å². The van der Waals surface area contributed by atoms with Crippen LogP contribution in [0.1, 0.15) is 6.42 Å². The Morgan fingerprint density at radius 2 is 1.41 bits per heavy atom. The highest BCUT2D eigenvalue weighted by Crippen LogP contribution is 2.28. The van der Waals surface area contributed by atoms with Gasteiger partial charge >= 0.3 is 23.9 Å². The number of halogens is 1. The van der Waals surface area contributed by atoms with E-state index >= 15 is 0 Å². The van der Waals surface area contributed by atoms with Crippen molar-refractivity contribution in [2.75, 3.05) is 13.6 Å². The molecule has 0 saturated carbocycles. The SMILES string of the molecule is CNCCCn1nc(-c2ccc(Br)cc2)c2cnccc21.O=C(O)/C=C\C(=O)O.O=C(O)/C=C\C(=O)O. The molecule has 5 N–H and O–H groups in total. The van der Waals surface area contributed by atoms with Crippen LogP contribution in [0.5, 0.6) is 0 Å². The summed E-state index contributed by atoms with van der Waals surface area (Å²) in [6.45, 7) is 1.89. The van der Waals surface area contributed by atoms with Crippen LogP contribution in [-0.4, -0.2) is 72.7 Å². The average Bonchev–Trinajstić information content (AvgIpc) is 3.22. The number of carboxylic acids is 4. The Morgan fingerprint density at radius 3 is 1.86 bits per heavy atom. The molecule has 0 spiro atoms. The van der Waals surface area contributed by atoms with Gasteiger partial charge in [-0.05, 0) is 38.2 Å². The van der Waals surface area contributed by atoms with Gasteiger partial charge in [0.15, 0.2) is 0 Å². The third-order valence-corrected chi connectivity index (χ3v) is 4.73. The Bertz CT molecular complexity index is 1200. The molecule has 0 bridgehead atoms. The number of benzene rings is 1.